The molecule has 1 aliphatic heterocycles. The summed E-state index contributed by atoms with van der Waals surface area (Å²) in [6.45, 7) is 4.39. The van der Waals surface area contributed by atoms with Crippen molar-refractivity contribution in [3.8, 4) is 0 Å². The summed E-state index contributed by atoms with van der Waals surface area (Å²) in [5, 5.41) is 17.1. The number of non-ortho nitro benzene ring substituents is 1. The quantitative estimate of drug-likeness (QED) is 0.432. The van der Waals surface area contributed by atoms with Crippen molar-refractivity contribution < 1.29 is 4.92 Å². The number of nitrogens with zero attached hydrogens (tertiary/aromatic N) is 4. The Balaban J connectivity index is 1.52. The lowest BCUT2D eigenvalue weighted by Gasteiger charge is -2.14. The lowest BCUT2D eigenvalue weighted by atomic mass is 10.3. The highest BCUT2D eigenvalue weighted by molar-refractivity contribution is 5.58. The fourth-order valence-electron chi connectivity index (χ4n) is 2.87. The van der Waals surface area contributed by atoms with Gasteiger partial charge in [0.25, 0.3) is 5.69 Å². The molecule has 1 saturated heterocycles. The van der Waals surface area contributed by atoms with Crippen molar-refractivity contribution >= 4 is 23.1 Å². The molecule has 0 saturated carbocycles. The van der Waals surface area contributed by atoms with Crippen molar-refractivity contribution in [1.82, 2.24) is 14.9 Å². The largest absolute Gasteiger partial charge is 0.370 e. The first kappa shape index (κ1) is 17.1. The van der Waals surface area contributed by atoms with Gasteiger partial charge in [0.15, 0.2) is 0 Å². The predicted octanol–water partition coefficient (Wildman–Crippen LogP) is 3.03. The lowest BCUT2D eigenvalue weighted by molar-refractivity contribution is -0.384. The molecule has 0 aliphatic carbocycles. The fourth-order valence-corrected chi connectivity index (χ4v) is 2.87. The third kappa shape index (κ3) is 5.12. The molecular formula is C17H22N6O2. The zero-order valence-electron chi connectivity index (χ0n) is 14.0. The van der Waals surface area contributed by atoms with E-state index in [-0.39, 0.29) is 5.69 Å². The van der Waals surface area contributed by atoms with E-state index in [0.717, 1.165) is 25.3 Å². The van der Waals surface area contributed by atoms with Crippen LogP contribution in [0.3, 0.4) is 0 Å². The number of hydrogen-bond donors (Lipinski definition) is 2. The zero-order valence-corrected chi connectivity index (χ0v) is 14.0. The van der Waals surface area contributed by atoms with Crippen molar-refractivity contribution in [3.05, 3.63) is 46.6 Å². The van der Waals surface area contributed by atoms with Crippen LogP contribution in [-0.2, 0) is 0 Å². The SMILES string of the molecule is O=[N+]([O-])c1cccc(Nc2nccc(NCCCN3CCCC3)n2)c1. The summed E-state index contributed by atoms with van der Waals surface area (Å²) in [6.07, 6.45) is 5.35. The Morgan fingerprint density at radius 3 is 2.88 bits per heavy atom. The number of benzene rings is 1. The Hall–Kier alpha value is -2.74. The average Bonchev–Trinajstić information content (AvgIpc) is 3.13. The van der Waals surface area contributed by atoms with Gasteiger partial charge in [-0.2, -0.15) is 4.98 Å². The second-order valence-corrected chi connectivity index (χ2v) is 6.03. The van der Waals surface area contributed by atoms with Gasteiger partial charge in [-0.1, -0.05) is 6.07 Å². The highest BCUT2D eigenvalue weighted by atomic mass is 16.6. The molecule has 1 aromatic heterocycles. The number of nitro groups is 1. The van der Waals surface area contributed by atoms with Gasteiger partial charge in [0.1, 0.15) is 5.82 Å². The third-order valence-electron chi connectivity index (χ3n) is 4.12. The van der Waals surface area contributed by atoms with Crippen LogP contribution in [0.4, 0.5) is 23.1 Å². The van der Waals surface area contributed by atoms with E-state index in [1.54, 1.807) is 18.3 Å². The van der Waals surface area contributed by atoms with E-state index in [1.807, 2.05) is 6.07 Å². The molecule has 3 rings (SSSR count). The van der Waals surface area contributed by atoms with Gasteiger partial charge in [-0.15, -0.1) is 0 Å². The van der Waals surface area contributed by atoms with Gasteiger partial charge in [-0.3, -0.25) is 10.1 Å². The standard InChI is InChI=1S/C17H22N6O2/c24-23(25)15-6-3-5-14(13-15)20-17-19-9-7-16(21-17)18-8-4-12-22-10-1-2-11-22/h3,5-7,9,13H,1-2,4,8,10-12H2,(H2,18,19,20,21). The molecule has 0 unspecified atom stereocenters. The number of likely N-dealkylation sites (tertiary alicyclic amines) is 1. The maximum atomic E-state index is 10.8. The van der Waals surface area contributed by atoms with Crippen LogP contribution in [0.2, 0.25) is 0 Å². The van der Waals surface area contributed by atoms with E-state index in [2.05, 4.69) is 25.5 Å². The minimum Gasteiger partial charge on any atom is -0.370 e. The molecule has 0 bridgehead atoms. The van der Waals surface area contributed by atoms with E-state index in [1.165, 1.54) is 38.1 Å². The topological polar surface area (TPSA) is 96.2 Å². The molecule has 25 heavy (non-hydrogen) atoms. The first-order chi connectivity index (χ1) is 12.2. The summed E-state index contributed by atoms with van der Waals surface area (Å²) < 4.78 is 0. The number of nitro benzene ring substituents is 1. The smallest absolute Gasteiger partial charge is 0.271 e. The Bertz CT molecular complexity index is 718. The summed E-state index contributed by atoms with van der Waals surface area (Å²) in [5.41, 5.74) is 0.613. The molecule has 2 heterocycles. The third-order valence-corrected chi connectivity index (χ3v) is 4.12. The van der Waals surface area contributed by atoms with Crippen molar-refractivity contribution in [3.63, 3.8) is 0 Å². The molecule has 0 spiro atoms. The van der Waals surface area contributed by atoms with E-state index < -0.39 is 4.92 Å². The molecule has 1 fully saturated rings. The minimum absolute atomic E-state index is 0.0289. The minimum atomic E-state index is -0.426. The Kier molecular flexibility index (Phi) is 5.73. The van der Waals surface area contributed by atoms with E-state index in [0.29, 0.717) is 11.6 Å². The van der Waals surface area contributed by atoms with Gasteiger partial charge in [-0.05, 0) is 51.0 Å². The summed E-state index contributed by atoms with van der Waals surface area (Å²) in [4.78, 5) is 21.4. The van der Waals surface area contributed by atoms with Crippen molar-refractivity contribution in [1.29, 1.82) is 0 Å². The molecular weight excluding hydrogens is 320 g/mol. The van der Waals surface area contributed by atoms with Gasteiger partial charge < -0.3 is 15.5 Å². The summed E-state index contributed by atoms with van der Waals surface area (Å²) in [7, 11) is 0. The van der Waals surface area contributed by atoms with Gasteiger partial charge in [0.05, 0.1) is 4.92 Å². The number of hydrogen-bond acceptors (Lipinski definition) is 7. The molecule has 0 amide bonds. The van der Waals surface area contributed by atoms with Crippen molar-refractivity contribution in [2.75, 3.05) is 36.8 Å². The molecule has 132 valence electrons. The van der Waals surface area contributed by atoms with E-state index in [4.69, 9.17) is 0 Å². The Morgan fingerprint density at radius 1 is 1.24 bits per heavy atom. The summed E-state index contributed by atoms with van der Waals surface area (Å²) in [5.74, 6) is 1.15. The molecule has 2 aromatic rings. The lowest BCUT2D eigenvalue weighted by Crippen LogP contribution is -2.22. The second-order valence-electron chi connectivity index (χ2n) is 6.03. The number of aromatic nitrogens is 2. The van der Waals surface area contributed by atoms with E-state index >= 15 is 0 Å². The predicted molar refractivity (Wildman–Crippen MR) is 97.2 cm³/mol. The van der Waals surface area contributed by atoms with Crippen LogP contribution in [0.5, 0.6) is 0 Å². The maximum Gasteiger partial charge on any atom is 0.271 e. The summed E-state index contributed by atoms with van der Waals surface area (Å²) in [6, 6.07) is 8.09. The molecule has 2 N–H and O–H groups in total. The van der Waals surface area contributed by atoms with Crippen molar-refractivity contribution in [2.24, 2.45) is 0 Å². The Morgan fingerprint density at radius 2 is 2.08 bits per heavy atom. The highest BCUT2D eigenvalue weighted by Gasteiger charge is 2.10. The van der Waals surface area contributed by atoms with Crippen LogP contribution in [0.25, 0.3) is 0 Å². The molecule has 0 radical (unpaired) electrons. The highest BCUT2D eigenvalue weighted by Crippen LogP contribution is 2.20. The number of nitrogens with one attached hydrogen (secondary N) is 2. The first-order valence-electron chi connectivity index (χ1n) is 8.51. The van der Waals surface area contributed by atoms with E-state index in [9.17, 15) is 10.1 Å². The molecule has 8 heteroatoms. The molecule has 0 atom stereocenters. The first-order valence-corrected chi connectivity index (χ1v) is 8.51. The second kappa shape index (κ2) is 8.39. The molecule has 1 aromatic carbocycles. The van der Waals surface area contributed by atoms with Gasteiger partial charge in [0, 0.05) is 30.6 Å². The van der Waals surface area contributed by atoms with Crippen LogP contribution < -0.4 is 10.6 Å². The summed E-state index contributed by atoms with van der Waals surface area (Å²) >= 11 is 0. The van der Waals surface area contributed by atoms with Gasteiger partial charge in [-0.25, -0.2) is 4.98 Å². The van der Waals surface area contributed by atoms with Crippen LogP contribution >= 0.6 is 0 Å². The number of anilines is 3. The average molecular weight is 342 g/mol. The maximum absolute atomic E-state index is 10.8. The van der Waals surface area contributed by atoms with Crippen molar-refractivity contribution in [2.45, 2.75) is 19.3 Å². The normalized spacial score (nSPS) is 14.4. The Labute approximate surface area is 146 Å². The molecule has 8 nitrogen and oxygen atoms in total. The van der Waals surface area contributed by atoms with Crippen LogP contribution in [-0.4, -0.2) is 46.0 Å². The van der Waals surface area contributed by atoms with Crippen LogP contribution in [0.1, 0.15) is 19.3 Å². The molecule has 1 aliphatic rings. The van der Waals surface area contributed by atoms with Crippen LogP contribution in [0, 0.1) is 10.1 Å². The zero-order chi connectivity index (χ0) is 17.5. The van der Waals surface area contributed by atoms with Crippen LogP contribution in [0.15, 0.2) is 36.5 Å². The monoisotopic (exact) mass is 342 g/mol. The van der Waals surface area contributed by atoms with Gasteiger partial charge in [0.2, 0.25) is 5.95 Å². The fraction of sp³-hybridized carbons (Fsp3) is 0.412. The number of rotatable bonds is 8. The van der Waals surface area contributed by atoms with Gasteiger partial charge >= 0.3 is 0 Å².